The van der Waals surface area contributed by atoms with Gasteiger partial charge in [0.05, 0.1) is 18.4 Å². The molecule has 122 valence electrons. The lowest BCUT2D eigenvalue weighted by atomic mass is 10.0. The Morgan fingerprint density at radius 2 is 2.12 bits per heavy atom. The first-order valence-electron chi connectivity index (χ1n) is 7.41. The zero-order valence-corrected chi connectivity index (χ0v) is 14.5. The van der Waals surface area contributed by atoms with Crippen LogP contribution in [0.15, 0.2) is 42.0 Å². The van der Waals surface area contributed by atoms with E-state index in [9.17, 15) is 4.79 Å². The van der Waals surface area contributed by atoms with Crippen LogP contribution in [0.5, 0.6) is 5.75 Å². The van der Waals surface area contributed by atoms with Gasteiger partial charge in [0, 0.05) is 23.3 Å². The highest BCUT2D eigenvalue weighted by Crippen LogP contribution is 2.31. The highest BCUT2D eigenvalue weighted by Gasteiger charge is 2.12. The molecule has 0 saturated carbocycles. The zero-order chi connectivity index (χ0) is 17.1. The van der Waals surface area contributed by atoms with Gasteiger partial charge in [0.25, 0.3) is 5.91 Å². The maximum Gasteiger partial charge on any atom is 0.259 e. The number of nitrogens with one attached hydrogen (secondary N) is 1. The molecule has 2 heterocycles. The molecule has 0 aliphatic carbocycles. The number of rotatable bonds is 4. The number of hydrogen-bond acceptors (Lipinski definition) is 5. The first kappa shape index (κ1) is 16.1. The number of thiazole rings is 1. The molecular weight excluding hydrogens is 322 g/mol. The fraction of sp³-hybridized carbons (Fsp3) is 0.167. The van der Waals surface area contributed by atoms with E-state index in [2.05, 4.69) is 21.4 Å². The van der Waals surface area contributed by atoms with Gasteiger partial charge in [-0.2, -0.15) is 0 Å². The van der Waals surface area contributed by atoms with Gasteiger partial charge in [-0.1, -0.05) is 0 Å². The summed E-state index contributed by atoms with van der Waals surface area (Å²) >= 11 is 1.39. The van der Waals surface area contributed by atoms with Crippen LogP contribution in [0.25, 0.3) is 11.3 Å². The van der Waals surface area contributed by atoms with Crippen molar-refractivity contribution in [1.29, 1.82) is 0 Å². The number of pyridine rings is 1. The molecule has 0 unspecified atom stereocenters. The molecule has 0 radical (unpaired) electrons. The average Bonchev–Trinajstić information content (AvgIpc) is 3.06. The van der Waals surface area contributed by atoms with E-state index in [4.69, 9.17) is 4.74 Å². The minimum Gasteiger partial charge on any atom is -0.496 e. The number of carbonyl (C=O) groups is 1. The molecule has 0 bridgehead atoms. The summed E-state index contributed by atoms with van der Waals surface area (Å²) in [6.45, 7) is 4.07. The Labute approximate surface area is 144 Å². The number of anilines is 1. The van der Waals surface area contributed by atoms with Gasteiger partial charge in [0.2, 0.25) is 0 Å². The molecule has 0 aliphatic rings. The molecule has 0 saturated heterocycles. The predicted molar refractivity (Wildman–Crippen MR) is 95.8 cm³/mol. The fourth-order valence-electron chi connectivity index (χ4n) is 2.32. The van der Waals surface area contributed by atoms with Gasteiger partial charge >= 0.3 is 0 Å². The molecular formula is C18H17N3O2S. The Bertz CT molecular complexity index is 875. The maximum atomic E-state index is 12.2. The molecule has 2 aromatic heterocycles. The molecule has 0 aliphatic heterocycles. The van der Waals surface area contributed by atoms with E-state index < -0.39 is 0 Å². The van der Waals surface area contributed by atoms with Crippen LogP contribution in [-0.2, 0) is 0 Å². The van der Waals surface area contributed by atoms with Gasteiger partial charge < -0.3 is 4.74 Å². The van der Waals surface area contributed by atoms with Crippen molar-refractivity contribution in [1.82, 2.24) is 9.97 Å². The second-order valence-electron chi connectivity index (χ2n) is 5.35. The summed E-state index contributed by atoms with van der Waals surface area (Å²) in [6.07, 6.45) is 3.16. The number of amides is 1. The highest BCUT2D eigenvalue weighted by atomic mass is 32.1. The quantitative estimate of drug-likeness (QED) is 0.778. The third-order valence-corrected chi connectivity index (χ3v) is 4.54. The summed E-state index contributed by atoms with van der Waals surface area (Å²) in [5, 5.41) is 5.27. The fourth-order valence-corrected chi connectivity index (χ4v) is 3.03. The molecule has 0 spiro atoms. The van der Waals surface area contributed by atoms with Crippen LogP contribution in [-0.4, -0.2) is 23.0 Å². The topological polar surface area (TPSA) is 64.1 Å². The van der Waals surface area contributed by atoms with E-state index in [-0.39, 0.29) is 5.91 Å². The molecule has 1 amide bonds. The van der Waals surface area contributed by atoms with E-state index in [0.717, 1.165) is 28.1 Å². The second-order valence-corrected chi connectivity index (χ2v) is 6.21. The Morgan fingerprint density at radius 1 is 1.29 bits per heavy atom. The SMILES string of the molecule is COc1cc(-c2csc(NC(=O)c3cccnc3)n2)cc(C)c1C. The van der Waals surface area contributed by atoms with Gasteiger partial charge in [0.1, 0.15) is 5.75 Å². The van der Waals surface area contributed by atoms with Crippen molar-refractivity contribution in [3.63, 3.8) is 0 Å². The van der Waals surface area contributed by atoms with E-state index in [1.807, 2.05) is 25.3 Å². The first-order chi connectivity index (χ1) is 11.6. The van der Waals surface area contributed by atoms with E-state index in [0.29, 0.717) is 10.7 Å². The van der Waals surface area contributed by atoms with Crippen LogP contribution < -0.4 is 10.1 Å². The number of carbonyl (C=O) groups excluding carboxylic acids is 1. The third kappa shape index (κ3) is 3.28. The third-order valence-electron chi connectivity index (χ3n) is 3.78. The van der Waals surface area contributed by atoms with Crippen LogP contribution in [0.3, 0.4) is 0 Å². The summed E-state index contributed by atoms with van der Waals surface area (Å²) in [5.74, 6) is 0.612. The van der Waals surface area contributed by atoms with Crippen LogP contribution in [0, 0.1) is 13.8 Å². The second kappa shape index (κ2) is 6.80. The minimum atomic E-state index is -0.221. The molecule has 1 N–H and O–H groups in total. The molecule has 1 aromatic carbocycles. The van der Waals surface area contributed by atoms with Crippen molar-refractivity contribution in [2.45, 2.75) is 13.8 Å². The van der Waals surface area contributed by atoms with Crippen molar-refractivity contribution in [3.05, 3.63) is 58.7 Å². The number of nitrogens with zero attached hydrogens (tertiary/aromatic N) is 2. The van der Waals surface area contributed by atoms with Crippen LogP contribution in [0.4, 0.5) is 5.13 Å². The van der Waals surface area contributed by atoms with E-state index in [1.165, 1.54) is 17.5 Å². The zero-order valence-electron chi connectivity index (χ0n) is 13.7. The van der Waals surface area contributed by atoms with Gasteiger partial charge in [-0.05, 0) is 49.2 Å². The first-order valence-corrected chi connectivity index (χ1v) is 8.29. The molecule has 0 atom stereocenters. The average molecular weight is 339 g/mol. The number of hydrogen-bond donors (Lipinski definition) is 1. The molecule has 3 rings (SSSR count). The summed E-state index contributed by atoms with van der Waals surface area (Å²) in [6, 6.07) is 7.47. The number of aryl methyl sites for hydroxylation is 1. The minimum absolute atomic E-state index is 0.221. The maximum absolute atomic E-state index is 12.2. The van der Waals surface area contributed by atoms with Gasteiger partial charge in [-0.25, -0.2) is 4.98 Å². The summed E-state index contributed by atoms with van der Waals surface area (Å²) in [4.78, 5) is 20.6. The molecule has 6 heteroatoms. The van der Waals surface area contributed by atoms with Gasteiger partial charge in [0.15, 0.2) is 5.13 Å². The molecule has 3 aromatic rings. The van der Waals surface area contributed by atoms with Crippen molar-refractivity contribution >= 4 is 22.4 Å². The lowest BCUT2D eigenvalue weighted by molar-refractivity contribution is 0.102. The lowest BCUT2D eigenvalue weighted by Gasteiger charge is -2.09. The van der Waals surface area contributed by atoms with E-state index in [1.54, 1.807) is 25.4 Å². The summed E-state index contributed by atoms with van der Waals surface area (Å²) in [7, 11) is 1.66. The monoisotopic (exact) mass is 339 g/mol. The number of aromatic nitrogens is 2. The highest BCUT2D eigenvalue weighted by molar-refractivity contribution is 7.14. The predicted octanol–water partition coefficient (Wildman–Crippen LogP) is 4.08. The Balaban J connectivity index is 1.84. The molecule has 0 fully saturated rings. The van der Waals surface area contributed by atoms with Crippen molar-refractivity contribution in [2.24, 2.45) is 0 Å². The van der Waals surface area contributed by atoms with Crippen LogP contribution in [0.2, 0.25) is 0 Å². The Hall–Kier alpha value is -2.73. The van der Waals surface area contributed by atoms with Gasteiger partial charge in [-0.15, -0.1) is 11.3 Å². The van der Waals surface area contributed by atoms with E-state index >= 15 is 0 Å². The molecule has 24 heavy (non-hydrogen) atoms. The lowest BCUT2D eigenvalue weighted by Crippen LogP contribution is -2.11. The Kier molecular flexibility index (Phi) is 4.57. The Morgan fingerprint density at radius 3 is 2.83 bits per heavy atom. The normalized spacial score (nSPS) is 10.5. The number of ether oxygens (including phenoxy) is 1. The standard InChI is InChI=1S/C18H17N3O2S/c1-11-7-14(8-16(23-3)12(11)2)15-10-24-18(20-15)21-17(22)13-5-4-6-19-9-13/h4-10H,1-3H3,(H,20,21,22). The van der Waals surface area contributed by atoms with Crippen LogP contribution in [0.1, 0.15) is 21.5 Å². The smallest absolute Gasteiger partial charge is 0.259 e. The molecule has 5 nitrogen and oxygen atoms in total. The summed E-state index contributed by atoms with van der Waals surface area (Å²) in [5.41, 5.74) is 4.53. The number of methoxy groups -OCH3 is 1. The number of benzene rings is 1. The van der Waals surface area contributed by atoms with Crippen molar-refractivity contribution < 1.29 is 9.53 Å². The van der Waals surface area contributed by atoms with Gasteiger partial charge in [-0.3, -0.25) is 15.1 Å². The van der Waals surface area contributed by atoms with Crippen molar-refractivity contribution in [3.8, 4) is 17.0 Å². The summed E-state index contributed by atoms with van der Waals surface area (Å²) < 4.78 is 5.42. The largest absolute Gasteiger partial charge is 0.496 e. The van der Waals surface area contributed by atoms with Crippen molar-refractivity contribution in [2.75, 3.05) is 12.4 Å². The van der Waals surface area contributed by atoms with Crippen LogP contribution >= 0.6 is 11.3 Å².